The minimum atomic E-state index is 0.240. The Kier molecular flexibility index (Phi) is 4.13. The van der Waals surface area contributed by atoms with E-state index in [1.807, 2.05) is 13.0 Å². The largest absolute Gasteiger partial charge is 0.398 e. The van der Waals surface area contributed by atoms with E-state index < -0.39 is 0 Å². The SMILES string of the molecule is Cc1cc(N(C)C(C)C(C)(C)C)c(Br)cc1N. The Morgan fingerprint density at radius 3 is 2.29 bits per heavy atom. The van der Waals surface area contributed by atoms with Crippen LogP contribution in [0.1, 0.15) is 33.3 Å². The van der Waals surface area contributed by atoms with E-state index >= 15 is 0 Å². The molecule has 0 fully saturated rings. The molecule has 0 aromatic heterocycles. The lowest BCUT2D eigenvalue weighted by atomic mass is 9.87. The summed E-state index contributed by atoms with van der Waals surface area (Å²) in [6.45, 7) is 11.1. The van der Waals surface area contributed by atoms with E-state index in [0.717, 1.165) is 15.7 Å². The van der Waals surface area contributed by atoms with Crippen molar-refractivity contribution in [1.82, 2.24) is 0 Å². The zero-order valence-corrected chi connectivity index (χ0v) is 13.2. The molecule has 0 bridgehead atoms. The molecule has 0 radical (unpaired) electrons. The van der Waals surface area contributed by atoms with Crippen LogP contribution in [0.2, 0.25) is 0 Å². The highest BCUT2D eigenvalue weighted by Gasteiger charge is 2.25. The molecule has 17 heavy (non-hydrogen) atoms. The summed E-state index contributed by atoms with van der Waals surface area (Å²) < 4.78 is 1.05. The van der Waals surface area contributed by atoms with Gasteiger partial charge in [-0.15, -0.1) is 0 Å². The molecule has 1 atom stereocenters. The van der Waals surface area contributed by atoms with Crippen LogP contribution in [-0.2, 0) is 0 Å². The topological polar surface area (TPSA) is 29.3 Å². The van der Waals surface area contributed by atoms with Crippen molar-refractivity contribution < 1.29 is 0 Å². The maximum absolute atomic E-state index is 5.90. The number of anilines is 2. The van der Waals surface area contributed by atoms with Crippen LogP contribution < -0.4 is 10.6 Å². The molecule has 0 saturated heterocycles. The first-order valence-corrected chi connectivity index (χ1v) is 6.72. The van der Waals surface area contributed by atoms with E-state index in [9.17, 15) is 0 Å². The van der Waals surface area contributed by atoms with Gasteiger partial charge in [0.05, 0.1) is 5.69 Å². The fourth-order valence-corrected chi connectivity index (χ4v) is 2.38. The van der Waals surface area contributed by atoms with Gasteiger partial charge in [-0.25, -0.2) is 0 Å². The van der Waals surface area contributed by atoms with E-state index in [4.69, 9.17) is 5.73 Å². The zero-order valence-electron chi connectivity index (χ0n) is 11.6. The van der Waals surface area contributed by atoms with Crippen LogP contribution in [0.3, 0.4) is 0 Å². The maximum Gasteiger partial charge on any atom is 0.0514 e. The Bertz CT molecular complexity index is 407. The number of hydrogen-bond donors (Lipinski definition) is 1. The van der Waals surface area contributed by atoms with Crippen molar-refractivity contribution in [2.24, 2.45) is 5.41 Å². The summed E-state index contributed by atoms with van der Waals surface area (Å²) in [5.74, 6) is 0. The maximum atomic E-state index is 5.90. The number of hydrogen-bond acceptors (Lipinski definition) is 2. The van der Waals surface area contributed by atoms with Gasteiger partial charge in [-0.05, 0) is 52.9 Å². The predicted molar refractivity (Wildman–Crippen MR) is 80.6 cm³/mol. The Morgan fingerprint density at radius 1 is 1.29 bits per heavy atom. The van der Waals surface area contributed by atoms with Crippen LogP contribution in [0.4, 0.5) is 11.4 Å². The number of nitrogens with zero attached hydrogens (tertiary/aromatic N) is 1. The van der Waals surface area contributed by atoms with Crippen molar-refractivity contribution in [1.29, 1.82) is 0 Å². The minimum absolute atomic E-state index is 0.240. The summed E-state index contributed by atoms with van der Waals surface area (Å²) in [7, 11) is 2.13. The number of rotatable bonds is 2. The van der Waals surface area contributed by atoms with E-state index in [-0.39, 0.29) is 5.41 Å². The van der Waals surface area contributed by atoms with Gasteiger partial charge in [-0.2, -0.15) is 0 Å². The van der Waals surface area contributed by atoms with Crippen LogP contribution in [0, 0.1) is 12.3 Å². The Hall–Kier alpha value is -0.700. The van der Waals surface area contributed by atoms with E-state index in [1.165, 1.54) is 5.69 Å². The van der Waals surface area contributed by atoms with Gasteiger partial charge in [0.2, 0.25) is 0 Å². The van der Waals surface area contributed by atoms with Crippen molar-refractivity contribution >= 4 is 27.3 Å². The molecule has 1 aromatic rings. The van der Waals surface area contributed by atoms with Crippen LogP contribution in [0.5, 0.6) is 0 Å². The standard InChI is InChI=1S/C14H23BrN2/c1-9-7-13(11(15)8-12(9)16)17(6)10(2)14(3,4)5/h7-8,10H,16H2,1-6H3. The molecule has 0 aliphatic carbocycles. The second-order valence-electron chi connectivity index (χ2n) is 5.81. The van der Waals surface area contributed by atoms with Gasteiger partial charge in [0.25, 0.3) is 0 Å². The molecule has 96 valence electrons. The average molecular weight is 299 g/mol. The first kappa shape index (κ1) is 14.4. The highest BCUT2D eigenvalue weighted by atomic mass is 79.9. The number of aryl methyl sites for hydroxylation is 1. The summed E-state index contributed by atoms with van der Waals surface area (Å²) in [6, 6.07) is 4.57. The van der Waals surface area contributed by atoms with E-state index in [2.05, 4.69) is 61.6 Å². The van der Waals surface area contributed by atoms with Crippen LogP contribution >= 0.6 is 15.9 Å². The quantitative estimate of drug-likeness (QED) is 0.829. The number of nitrogens with two attached hydrogens (primary N) is 1. The molecule has 0 aliphatic heterocycles. The number of nitrogen functional groups attached to an aromatic ring is 1. The Balaban J connectivity index is 3.13. The summed E-state index contributed by atoms with van der Waals surface area (Å²) in [5, 5.41) is 0. The molecular weight excluding hydrogens is 276 g/mol. The molecule has 0 amide bonds. The van der Waals surface area contributed by atoms with Gasteiger partial charge in [0.15, 0.2) is 0 Å². The van der Waals surface area contributed by atoms with Crippen molar-refractivity contribution in [3.05, 3.63) is 22.2 Å². The lowest BCUT2D eigenvalue weighted by Gasteiger charge is -2.37. The Labute approximate surface area is 113 Å². The molecule has 0 heterocycles. The van der Waals surface area contributed by atoms with Gasteiger partial charge in [0.1, 0.15) is 0 Å². The lowest BCUT2D eigenvalue weighted by Crippen LogP contribution is -2.39. The average Bonchev–Trinajstić information content (AvgIpc) is 2.20. The first-order valence-electron chi connectivity index (χ1n) is 5.93. The summed E-state index contributed by atoms with van der Waals surface area (Å²) in [6.07, 6.45) is 0. The highest BCUT2D eigenvalue weighted by Crippen LogP contribution is 2.34. The minimum Gasteiger partial charge on any atom is -0.398 e. The van der Waals surface area contributed by atoms with Gasteiger partial charge >= 0.3 is 0 Å². The molecule has 1 unspecified atom stereocenters. The van der Waals surface area contributed by atoms with Crippen molar-refractivity contribution in [2.45, 2.75) is 40.7 Å². The fourth-order valence-electron chi connectivity index (χ4n) is 1.74. The molecule has 2 nitrogen and oxygen atoms in total. The molecule has 0 aliphatic rings. The second-order valence-corrected chi connectivity index (χ2v) is 6.67. The molecule has 0 spiro atoms. The first-order chi connectivity index (χ1) is 7.64. The zero-order chi connectivity index (χ0) is 13.4. The van der Waals surface area contributed by atoms with Crippen molar-refractivity contribution in [3.8, 4) is 0 Å². The van der Waals surface area contributed by atoms with E-state index in [0.29, 0.717) is 6.04 Å². The monoisotopic (exact) mass is 298 g/mol. The molecular formula is C14H23BrN2. The third kappa shape index (κ3) is 3.15. The summed E-state index contributed by atoms with van der Waals surface area (Å²) in [4.78, 5) is 2.30. The highest BCUT2D eigenvalue weighted by molar-refractivity contribution is 9.10. The molecule has 0 saturated carbocycles. The van der Waals surface area contributed by atoms with Crippen LogP contribution in [0.15, 0.2) is 16.6 Å². The Morgan fingerprint density at radius 2 is 1.82 bits per heavy atom. The van der Waals surface area contributed by atoms with Gasteiger partial charge in [0, 0.05) is 23.2 Å². The molecule has 1 aromatic carbocycles. The van der Waals surface area contributed by atoms with Crippen molar-refractivity contribution in [3.63, 3.8) is 0 Å². The normalized spacial score (nSPS) is 13.6. The summed E-state index contributed by atoms with van der Waals surface area (Å²) >= 11 is 3.60. The van der Waals surface area contributed by atoms with Gasteiger partial charge in [-0.3, -0.25) is 0 Å². The second kappa shape index (κ2) is 4.89. The van der Waals surface area contributed by atoms with Crippen LogP contribution in [0.25, 0.3) is 0 Å². The summed E-state index contributed by atoms with van der Waals surface area (Å²) in [5.41, 5.74) is 9.29. The molecule has 2 N–H and O–H groups in total. The number of halogens is 1. The lowest BCUT2D eigenvalue weighted by molar-refractivity contribution is 0.329. The fraction of sp³-hybridized carbons (Fsp3) is 0.571. The van der Waals surface area contributed by atoms with Gasteiger partial charge in [-0.1, -0.05) is 20.8 Å². The third-order valence-corrected chi connectivity index (χ3v) is 4.18. The van der Waals surface area contributed by atoms with E-state index in [1.54, 1.807) is 0 Å². The van der Waals surface area contributed by atoms with Gasteiger partial charge < -0.3 is 10.6 Å². The molecule has 3 heteroatoms. The predicted octanol–water partition coefficient (Wildman–Crippen LogP) is 4.21. The smallest absolute Gasteiger partial charge is 0.0514 e. The molecule has 1 rings (SSSR count). The third-order valence-electron chi connectivity index (χ3n) is 3.55. The van der Waals surface area contributed by atoms with Crippen molar-refractivity contribution in [2.75, 3.05) is 17.7 Å². The van der Waals surface area contributed by atoms with Crippen LogP contribution in [-0.4, -0.2) is 13.1 Å². The number of benzene rings is 1.